The number of hydrogen-bond acceptors (Lipinski definition) is 2. The molecule has 0 saturated heterocycles. The first-order valence-corrected chi connectivity index (χ1v) is 6.30. The number of rotatable bonds is 2. The molecule has 0 saturated carbocycles. The fraction of sp³-hybridized carbons (Fsp3) is 0.143. The first-order valence-electron chi connectivity index (χ1n) is 3.36. The van der Waals surface area contributed by atoms with Gasteiger partial charge in [-0.05, 0) is 47.8 Å². The van der Waals surface area contributed by atoms with Crippen LogP contribution in [0.4, 0.5) is 0 Å². The molecule has 0 unspecified atom stereocenters. The van der Waals surface area contributed by atoms with Crippen LogP contribution in [0.3, 0.4) is 0 Å². The van der Waals surface area contributed by atoms with E-state index >= 15 is 0 Å². The van der Waals surface area contributed by atoms with Gasteiger partial charge in [0.25, 0.3) is 0 Å². The van der Waals surface area contributed by atoms with E-state index < -0.39 is 10.0 Å². The zero-order valence-corrected chi connectivity index (χ0v) is 10.4. The molecule has 0 aromatic heterocycles. The number of hydrogen-bond donors (Lipinski definition) is 1. The minimum atomic E-state index is -3.39. The molecule has 1 N–H and O–H groups in total. The Labute approximate surface area is 95.7 Å². The van der Waals surface area contributed by atoms with E-state index in [2.05, 4.69) is 4.72 Å². The summed E-state index contributed by atoms with van der Waals surface area (Å²) < 4.78 is 25.7. The van der Waals surface area contributed by atoms with Crippen molar-refractivity contribution in [1.82, 2.24) is 4.72 Å². The Morgan fingerprint density at radius 1 is 1.46 bits per heavy atom. The van der Waals surface area contributed by atoms with Crippen molar-refractivity contribution in [3.05, 3.63) is 26.8 Å². The lowest BCUT2D eigenvalue weighted by atomic mass is 10.4. The third kappa shape index (κ3) is 2.55. The van der Waals surface area contributed by atoms with Crippen LogP contribution in [0.15, 0.2) is 23.1 Å². The van der Waals surface area contributed by atoms with Crippen molar-refractivity contribution < 1.29 is 8.42 Å². The average molecular weight is 332 g/mol. The molecular weight excluding hydrogens is 325 g/mol. The molecule has 0 heterocycles. The monoisotopic (exact) mass is 331 g/mol. The van der Waals surface area contributed by atoms with E-state index in [1.807, 2.05) is 22.6 Å². The smallest absolute Gasteiger partial charge is 0.214 e. The predicted molar refractivity (Wildman–Crippen MR) is 60.4 cm³/mol. The molecule has 0 bridgehead atoms. The topological polar surface area (TPSA) is 46.2 Å². The lowest BCUT2D eigenvalue weighted by molar-refractivity contribution is 0.587. The molecule has 0 aliphatic carbocycles. The van der Waals surface area contributed by atoms with Gasteiger partial charge >= 0.3 is 0 Å². The first-order chi connectivity index (χ1) is 5.97. The molecule has 0 aliphatic heterocycles. The molecule has 1 rings (SSSR count). The second kappa shape index (κ2) is 4.12. The van der Waals surface area contributed by atoms with E-state index in [0.29, 0.717) is 8.59 Å². The molecule has 0 amide bonds. The van der Waals surface area contributed by atoms with Gasteiger partial charge in [0, 0.05) is 8.59 Å². The molecule has 13 heavy (non-hydrogen) atoms. The van der Waals surface area contributed by atoms with Gasteiger partial charge in [-0.3, -0.25) is 0 Å². The van der Waals surface area contributed by atoms with Gasteiger partial charge in [0.05, 0.1) is 4.90 Å². The Bertz CT molecular complexity index is 419. The van der Waals surface area contributed by atoms with Gasteiger partial charge in [-0.25, -0.2) is 13.1 Å². The summed E-state index contributed by atoms with van der Waals surface area (Å²) >= 11 is 7.63. The Morgan fingerprint density at radius 2 is 2.08 bits per heavy atom. The van der Waals surface area contributed by atoms with E-state index in [1.54, 1.807) is 12.1 Å². The van der Waals surface area contributed by atoms with E-state index in [0.717, 1.165) is 0 Å². The van der Waals surface area contributed by atoms with Gasteiger partial charge < -0.3 is 0 Å². The summed E-state index contributed by atoms with van der Waals surface area (Å²) in [5, 5.41) is 0.411. The largest absolute Gasteiger partial charge is 0.241 e. The van der Waals surface area contributed by atoms with E-state index in [1.165, 1.54) is 13.1 Å². The standard InChI is InChI=1S/C7H7ClINO2S/c1-10-13(11,12)7-4-5(8)2-3-6(7)9/h2-4,10H,1H3. The number of sulfonamides is 1. The van der Waals surface area contributed by atoms with Gasteiger partial charge in [0.1, 0.15) is 0 Å². The van der Waals surface area contributed by atoms with Gasteiger partial charge in [0.2, 0.25) is 10.0 Å². The van der Waals surface area contributed by atoms with Crippen LogP contribution in [0.1, 0.15) is 0 Å². The van der Waals surface area contributed by atoms with Gasteiger partial charge in [-0.1, -0.05) is 11.6 Å². The fourth-order valence-electron chi connectivity index (χ4n) is 0.793. The van der Waals surface area contributed by atoms with Crippen LogP contribution in [0.5, 0.6) is 0 Å². The molecule has 72 valence electrons. The lowest BCUT2D eigenvalue weighted by Gasteiger charge is -2.04. The van der Waals surface area contributed by atoms with Crippen LogP contribution < -0.4 is 4.72 Å². The quantitative estimate of drug-likeness (QED) is 0.841. The zero-order chi connectivity index (χ0) is 10.1. The maximum absolute atomic E-state index is 11.4. The molecule has 0 fully saturated rings. The summed E-state index contributed by atoms with van der Waals surface area (Å²) in [4.78, 5) is 0.211. The summed E-state index contributed by atoms with van der Waals surface area (Å²) in [6, 6.07) is 4.74. The Hall–Kier alpha value is 0.150. The second-order valence-corrected chi connectivity index (χ2v) is 5.74. The molecule has 0 radical (unpaired) electrons. The molecular formula is C7H7ClINO2S. The van der Waals surface area contributed by atoms with Crippen LogP contribution in [0.25, 0.3) is 0 Å². The van der Waals surface area contributed by atoms with E-state index in [9.17, 15) is 8.42 Å². The first kappa shape index (κ1) is 11.2. The Kier molecular flexibility index (Phi) is 3.56. The third-order valence-corrected chi connectivity index (χ3v) is 4.45. The van der Waals surface area contributed by atoms with Gasteiger partial charge in [-0.2, -0.15) is 0 Å². The summed E-state index contributed by atoms with van der Waals surface area (Å²) in [7, 11) is -2.03. The third-order valence-electron chi connectivity index (χ3n) is 1.45. The number of nitrogens with one attached hydrogen (secondary N) is 1. The van der Waals surface area contributed by atoms with Crippen molar-refractivity contribution in [1.29, 1.82) is 0 Å². The maximum atomic E-state index is 11.4. The van der Waals surface area contributed by atoms with Gasteiger partial charge in [-0.15, -0.1) is 0 Å². The molecule has 1 aromatic rings. The normalized spacial score (nSPS) is 11.6. The summed E-state index contributed by atoms with van der Waals surface area (Å²) in [5.74, 6) is 0. The molecule has 6 heteroatoms. The van der Waals surface area contributed by atoms with Crippen molar-refractivity contribution in [2.45, 2.75) is 4.90 Å². The van der Waals surface area contributed by atoms with Crippen molar-refractivity contribution in [2.75, 3.05) is 7.05 Å². The SMILES string of the molecule is CNS(=O)(=O)c1cc(Cl)ccc1I. The minimum Gasteiger partial charge on any atom is -0.214 e. The van der Waals surface area contributed by atoms with Crippen molar-refractivity contribution in [2.24, 2.45) is 0 Å². The highest BCUT2D eigenvalue weighted by molar-refractivity contribution is 14.1. The predicted octanol–water partition coefficient (Wildman–Crippen LogP) is 1.85. The van der Waals surface area contributed by atoms with Crippen molar-refractivity contribution in [3.8, 4) is 0 Å². The van der Waals surface area contributed by atoms with Crippen molar-refractivity contribution >= 4 is 44.2 Å². The molecule has 3 nitrogen and oxygen atoms in total. The summed E-state index contributed by atoms with van der Waals surface area (Å²) in [6.45, 7) is 0. The molecule has 0 aliphatic rings. The van der Waals surface area contributed by atoms with Crippen LogP contribution in [-0.4, -0.2) is 15.5 Å². The van der Waals surface area contributed by atoms with Crippen LogP contribution in [-0.2, 0) is 10.0 Å². The maximum Gasteiger partial charge on any atom is 0.241 e. The number of benzene rings is 1. The highest BCUT2D eigenvalue weighted by Gasteiger charge is 2.15. The molecule has 0 spiro atoms. The lowest BCUT2D eigenvalue weighted by Crippen LogP contribution is -2.19. The highest BCUT2D eigenvalue weighted by Crippen LogP contribution is 2.21. The van der Waals surface area contributed by atoms with Crippen LogP contribution >= 0.6 is 34.2 Å². The van der Waals surface area contributed by atoms with Gasteiger partial charge in [0.15, 0.2) is 0 Å². The molecule has 0 atom stereocenters. The van der Waals surface area contributed by atoms with E-state index in [4.69, 9.17) is 11.6 Å². The van der Waals surface area contributed by atoms with E-state index in [-0.39, 0.29) is 4.90 Å². The second-order valence-electron chi connectivity index (χ2n) is 2.28. The number of halogens is 2. The Balaban J connectivity index is 3.38. The average Bonchev–Trinajstić information content (AvgIpc) is 2.09. The fourth-order valence-corrected chi connectivity index (χ4v) is 3.06. The minimum absolute atomic E-state index is 0.211. The van der Waals surface area contributed by atoms with Crippen LogP contribution in [0.2, 0.25) is 5.02 Å². The zero-order valence-electron chi connectivity index (χ0n) is 6.71. The molecule has 1 aromatic carbocycles. The summed E-state index contributed by atoms with van der Waals surface area (Å²) in [6.07, 6.45) is 0. The van der Waals surface area contributed by atoms with Crippen LogP contribution in [0, 0.1) is 3.57 Å². The highest BCUT2D eigenvalue weighted by atomic mass is 127. The Morgan fingerprint density at radius 3 is 2.62 bits per heavy atom. The summed E-state index contributed by atoms with van der Waals surface area (Å²) in [5.41, 5.74) is 0. The van der Waals surface area contributed by atoms with Crippen molar-refractivity contribution in [3.63, 3.8) is 0 Å².